The molecule has 1 aliphatic heterocycles. The van der Waals surface area contributed by atoms with E-state index in [0.29, 0.717) is 30.0 Å². The molecule has 0 spiro atoms. The molecule has 2 rings (SSSR count). The van der Waals surface area contributed by atoms with Crippen LogP contribution in [0.1, 0.15) is 19.8 Å². The number of para-hydroxylation sites is 1. The fourth-order valence-corrected chi connectivity index (χ4v) is 3.72. The van der Waals surface area contributed by atoms with Gasteiger partial charge in [-0.2, -0.15) is 17.5 Å². The zero-order valence-electron chi connectivity index (χ0n) is 15.6. The second-order valence-corrected chi connectivity index (χ2v) is 8.12. The van der Waals surface area contributed by atoms with Gasteiger partial charge in [0.25, 0.3) is 0 Å². The van der Waals surface area contributed by atoms with Crippen LogP contribution in [0, 0.1) is 0 Å². The van der Waals surface area contributed by atoms with E-state index in [2.05, 4.69) is 15.6 Å². The number of hydrogen-bond donors (Lipinski definition) is 2. The van der Waals surface area contributed by atoms with E-state index in [0.717, 1.165) is 5.75 Å². The van der Waals surface area contributed by atoms with Gasteiger partial charge in [0, 0.05) is 25.7 Å². The van der Waals surface area contributed by atoms with E-state index in [1.807, 2.05) is 37.3 Å². The van der Waals surface area contributed by atoms with Gasteiger partial charge in [0.05, 0.1) is 6.54 Å². The van der Waals surface area contributed by atoms with Gasteiger partial charge in [0.2, 0.25) is 0 Å². The van der Waals surface area contributed by atoms with Crippen molar-refractivity contribution >= 4 is 16.0 Å². The number of piperidine rings is 1. The molecule has 1 heterocycles. The highest BCUT2D eigenvalue weighted by Gasteiger charge is 2.50. The predicted molar refractivity (Wildman–Crippen MR) is 101 cm³/mol. The van der Waals surface area contributed by atoms with Crippen LogP contribution in [-0.2, 0) is 10.0 Å². The Hall–Kier alpha value is -2.01. The minimum atomic E-state index is -5.26. The Morgan fingerprint density at radius 3 is 2.46 bits per heavy atom. The molecule has 1 aromatic carbocycles. The van der Waals surface area contributed by atoms with Crippen LogP contribution in [0.25, 0.3) is 0 Å². The Morgan fingerprint density at radius 2 is 1.89 bits per heavy atom. The van der Waals surface area contributed by atoms with Crippen molar-refractivity contribution < 1.29 is 26.3 Å². The molecule has 0 aliphatic carbocycles. The highest BCUT2D eigenvalue weighted by atomic mass is 32.2. The molecule has 0 radical (unpaired) electrons. The summed E-state index contributed by atoms with van der Waals surface area (Å²) in [6.07, 6.45) is 0.528. The van der Waals surface area contributed by atoms with Gasteiger partial charge in [0.15, 0.2) is 5.96 Å². The Labute approximate surface area is 163 Å². The molecule has 158 valence electrons. The number of nitrogens with one attached hydrogen (secondary N) is 2. The van der Waals surface area contributed by atoms with E-state index < -0.39 is 15.5 Å². The van der Waals surface area contributed by atoms with Gasteiger partial charge >= 0.3 is 15.5 Å². The zero-order chi connectivity index (χ0) is 20.6. The van der Waals surface area contributed by atoms with Crippen molar-refractivity contribution in [3.05, 3.63) is 30.3 Å². The molecule has 1 aliphatic rings. The van der Waals surface area contributed by atoms with Crippen molar-refractivity contribution in [2.24, 2.45) is 4.99 Å². The van der Waals surface area contributed by atoms with Gasteiger partial charge in [-0.3, -0.25) is 0 Å². The molecule has 0 saturated carbocycles. The second-order valence-electron chi connectivity index (χ2n) is 6.19. The highest BCUT2D eigenvalue weighted by molar-refractivity contribution is 7.90. The van der Waals surface area contributed by atoms with Crippen LogP contribution < -0.4 is 15.4 Å². The number of halogens is 3. The monoisotopic (exact) mass is 422 g/mol. The fraction of sp³-hybridized carbons (Fsp3) is 0.588. The lowest BCUT2D eigenvalue weighted by Gasteiger charge is -2.32. The van der Waals surface area contributed by atoms with Crippen molar-refractivity contribution in [1.82, 2.24) is 14.9 Å². The Kier molecular flexibility index (Phi) is 7.93. The zero-order valence-corrected chi connectivity index (χ0v) is 16.4. The van der Waals surface area contributed by atoms with E-state index >= 15 is 0 Å². The topological polar surface area (TPSA) is 83.0 Å². The third kappa shape index (κ3) is 6.26. The number of aliphatic imine (C=N–C) groups is 1. The maximum Gasteiger partial charge on any atom is 0.511 e. The van der Waals surface area contributed by atoms with E-state index in [1.165, 1.54) is 0 Å². The van der Waals surface area contributed by atoms with Crippen molar-refractivity contribution in [3.8, 4) is 5.75 Å². The number of benzene rings is 1. The number of rotatable bonds is 7. The Balaban J connectivity index is 1.82. The quantitative estimate of drug-likeness (QED) is 0.399. The molecule has 0 atom stereocenters. The minimum Gasteiger partial charge on any atom is -0.492 e. The molecule has 1 saturated heterocycles. The number of sulfonamides is 1. The average Bonchev–Trinajstić information content (AvgIpc) is 2.66. The van der Waals surface area contributed by atoms with Crippen LogP contribution >= 0.6 is 0 Å². The number of alkyl halides is 3. The summed E-state index contributed by atoms with van der Waals surface area (Å²) >= 11 is 0. The van der Waals surface area contributed by atoms with E-state index in [-0.39, 0.29) is 32.0 Å². The number of nitrogens with zero attached hydrogens (tertiary/aromatic N) is 2. The molecule has 0 aromatic heterocycles. The summed E-state index contributed by atoms with van der Waals surface area (Å²) in [5.41, 5.74) is -5.26. The summed E-state index contributed by atoms with van der Waals surface area (Å²) < 4.78 is 66.9. The first-order chi connectivity index (χ1) is 13.2. The third-order valence-electron chi connectivity index (χ3n) is 4.14. The summed E-state index contributed by atoms with van der Waals surface area (Å²) in [5.74, 6) is 1.27. The molecular weight excluding hydrogens is 397 g/mol. The van der Waals surface area contributed by atoms with Crippen LogP contribution in [-0.4, -0.2) is 63.0 Å². The smallest absolute Gasteiger partial charge is 0.492 e. The van der Waals surface area contributed by atoms with E-state index in [1.54, 1.807) is 0 Å². The van der Waals surface area contributed by atoms with Gasteiger partial charge < -0.3 is 15.4 Å². The maximum atomic E-state index is 12.6. The van der Waals surface area contributed by atoms with Crippen molar-refractivity contribution in [1.29, 1.82) is 0 Å². The van der Waals surface area contributed by atoms with Crippen molar-refractivity contribution in [2.45, 2.75) is 31.3 Å². The third-order valence-corrected chi connectivity index (χ3v) is 5.77. The lowest BCUT2D eigenvalue weighted by Crippen LogP contribution is -2.51. The summed E-state index contributed by atoms with van der Waals surface area (Å²) in [6.45, 7) is 2.92. The SMILES string of the molecule is CCNC(=NCCOc1ccccc1)NC1CCN(S(=O)(=O)C(F)(F)F)CC1. The maximum absolute atomic E-state index is 12.6. The molecule has 7 nitrogen and oxygen atoms in total. The Bertz CT molecular complexity index is 734. The van der Waals surface area contributed by atoms with Crippen LogP contribution in [0.4, 0.5) is 13.2 Å². The summed E-state index contributed by atoms with van der Waals surface area (Å²) in [7, 11) is -5.26. The molecule has 0 unspecified atom stereocenters. The molecule has 1 aromatic rings. The van der Waals surface area contributed by atoms with Crippen molar-refractivity contribution in [2.75, 3.05) is 32.8 Å². The highest BCUT2D eigenvalue weighted by Crippen LogP contribution is 2.28. The lowest BCUT2D eigenvalue weighted by molar-refractivity contribution is -0.0494. The molecule has 11 heteroatoms. The molecule has 28 heavy (non-hydrogen) atoms. The van der Waals surface area contributed by atoms with E-state index in [9.17, 15) is 21.6 Å². The van der Waals surface area contributed by atoms with Gasteiger partial charge in [0.1, 0.15) is 12.4 Å². The summed E-state index contributed by atoms with van der Waals surface area (Å²) in [4.78, 5) is 4.39. The fourth-order valence-electron chi connectivity index (χ4n) is 2.74. The largest absolute Gasteiger partial charge is 0.511 e. The first kappa shape index (κ1) is 22.3. The minimum absolute atomic E-state index is 0.160. The molecule has 1 fully saturated rings. The first-order valence-corrected chi connectivity index (χ1v) is 10.5. The summed E-state index contributed by atoms with van der Waals surface area (Å²) in [5, 5.41) is 6.21. The standard InChI is InChI=1S/C17H25F3N4O3S/c1-2-21-16(22-10-13-27-15-6-4-3-5-7-15)23-14-8-11-24(12-9-14)28(25,26)17(18,19)20/h3-7,14H,2,8-13H2,1H3,(H2,21,22,23). The predicted octanol–water partition coefficient (Wildman–Crippen LogP) is 1.93. The van der Waals surface area contributed by atoms with Gasteiger partial charge in [-0.15, -0.1) is 0 Å². The number of hydrogen-bond acceptors (Lipinski definition) is 4. The first-order valence-electron chi connectivity index (χ1n) is 9.03. The summed E-state index contributed by atoms with van der Waals surface area (Å²) in [6, 6.07) is 9.16. The Morgan fingerprint density at radius 1 is 1.25 bits per heavy atom. The van der Waals surface area contributed by atoms with Crippen LogP contribution in [0.5, 0.6) is 5.75 Å². The molecule has 0 amide bonds. The van der Waals surface area contributed by atoms with Gasteiger partial charge in [-0.05, 0) is 31.9 Å². The second kappa shape index (κ2) is 9.97. The molecule has 2 N–H and O–H groups in total. The van der Waals surface area contributed by atoms with E-state index in [4.69, 9.17) is 4.74 Å². The average molecular weight is 422 g/mol. The van der Waals surface area contributed by atoms with Crippen molar-refractivity contribution in [3.63, 3.8) is 0 Å². The van der Waals surface area contributed by atoms with Gasteiger partial charge in [-0.25, -0.2) is 13.4 Å². The normalized spacial score (nSPS) is 17.4. The number of guanidine groups is 1. The molecular formula is C17H25F3N4O3S. The lowest BCUT2D eigenvalue weighted by atomic mass is 10.1. The number of ether oxygens (including phenoxy) is 1. The van der Waals surface area contributed by atoms with Crippen LogP contribution in [0.3, 0.4) is 0 Å². The van der Waals surface area contributed by atoms with Crippen LogP contribution in [0.2, 0.25) is 0 Å². The molecule has 0 bridgehead atoms. The van der Waals surface area contributed by atoms with Crippen LogP contribution in [0.15, 0.2) is 35.3 Å². The van der Waals surface area contributed by atoms with Gasteiger partial charge in [-0.1, -0.05) is 18.2 Å².